The van der Waals surface area contributed by atoms with Crippen molar-refractivity contribution in [2.45, 2.75) is 26.2 Å². The quantitative estimate of drug-likeness (QED) is 0.701. The predicted molar refractivity (Wildman–Crippen MR) is 114 cm³/mol. The second kappa shape index (κ2) is 9.73. The number of carbonyl (C=O) groups excluding carboxylic acids is 3. The molecule has 0 bridgehead atoms. The maximum atomic E-state index is 12.6. The van der Waals surface area contributed by atoms with Gasteiger partial charge in [-0.1, -0.05) is 6.07 Å². The minimum Gasteiger partial charge on any atom is -0.376 e. The molecule has 1 aliphatic rings. The first kappa shape index (κ1) is 20.4. The minimum atomic E-state index is -0.204. The topological polar surface area (TPSA) is 90.5 Å². The molecule has 0 aliphatic carbocycles. The van der Waals surface area contributed by atoms with Gasteiger partial charge in [0.15, 0.2) is 0 Å². The summed E-state index contributed by atoms with van der Waals surface area (Å²) < 4.78 is 0. The van der Waals surface area contributed by atoms with Crippen molar-refractivity contribution >= 4 is 34.8 Å². The monoisotopic (exact) mass is 394 g/mol. The number of anilines is 3. The van der Waals surface area contributed by atoms with Crippen LogP contribution in [0, 0.1) is 0 Å². The van der Waals surface area contributed by atoms with Crippen molar-refractivity contribution < 1.29 is 14.4 Å². The highest BCUT2D eigenvalue weighted by Crippen LogP contribution is 2.17. The highest BCUT2D eigenvalue weighted by Gasteiger charge is 2.18. The summed E-state index contributed by atoms with van der Waals surface area (Å²) in [5.74, 6) is -0.311. The smallest absolute Gasteiger partial charge is 0.253 e. The van der Waals surface area contributed by atoms with Gasteiger partial charge < -0.3 is 20.9 Å². The maximum absolute atomic E-state index is 12.6. The fourth-order valence-electron chi connectivity index (χ4n) is 3.27. The van der Waals surface area contributed by atoms with E-state index in [9.17, 15) is 14.4 Å². The molecule has 0 unspecified atom stereocenters. The summed E-state index contributed by atoms with van der Waals surface area (Å²) in [6.07, 6.45) is 3.28. The Morgan fingerprint density at radius 2 is 1.52 bits per heavy atom. The first-order valence-corrected chi connectivity index (χ1v) is 9.82. The highest BCUT2D eigenvalue weighted by molar-refractivity contribution is 5.96. The lowest BCUT2D eigenvalue weighted by molar-refractivity contribution is -0.115. The zero-order valence-corrected chi connectivity index (χ0v) is 16.5. The fourth-order valence-corrected chi connectivity index (χ4v) is 3.27. The molecule has 7 nitrogen and oxygen atoms in total. The molecule has 3 N–H and O–H groups in total. The van der Waals surface area contributed by atoms with E-state index in [4.69, 9.17) is 0 Å². The van der Waals surface area contributed by atoms with Crippen molar-refractivity contribution in [2.75, 3.05) is 35.6 Å². The lowest BCUT2D eigenvalue weighted by atomic mass is 10.1. The summed E-state index contributed by atoms with van der Waals surface area (Å²) in [7, 11) is 0. The molecule has 3 amide bonds. The van der Waals surface area contributed by atoms with Crippen LogP contribution in [0.3, 0.4) is 0 Å². The first-order valence-electron chi connectivity index (χ1n) is 9.82. The van der Waals surface area contributed by atoms with Gasteiger partial charge in [0, 0.05) is 42.6 Å². The second-order valence-corrected chi connectivity index (χ2v) is 7.09. The number of rotatable bonds is 6. The first-order chi connectivity index (χ1) is 14.0. The Hall–Kier alpha value is -3.35. The van der Waals surface area contributed by atoms with Crippen LogP contribution in [0.5, 0.6) is 0 Å². The van der Waals surface area contributed by atoms with Crippen LogP contribution in [0.2, 0.25) is 0 Å². The average Bonchev–Trinajstić information content (AvgIpc) is 2.73. The summed E-state index contributed by atoms with van der Waals surface area (Å²) in [6.45, 7) is 3.13. The molecule has 1 saturated heterocycles. The zero-order chi connectivity index (χ0) is 20.6. The molecule has 0 aromatic heterocycles. The van der Waals surface area contributed by atoms with Gasteiger partial charge in [0.1, 0.15) is 0 Å². The Kier molecular flexibility index (Phi) is 6.84. The Balaban J connectivity index is 1.52. The summed E-state index contributed by atoms with van der Waals surface area (Å²) in [5, 5.41) is 8.53. The van der Waals surface area contributed by atoms with Gasteiger partial charge in [-0.05, 0) is 61.7 Å². The summed E-state index contributed by atoms with van der Waals surface area (Å²) in [4.78, 5) is 37.7. The second-order valence-electron chi connectivity index (χ2n) is 7.09. The molecule has 29 heavy (non-hydrogen) atoms. The lowest BCUT2D eigenvalue weighted by Crippen LogP contribution is -2.35. The Bertz CT molecular complexity index is 874. The number of nitrogens with zero attached hydrogens (tertiary/aromatic N) is 1. The Morgan fingerprint density at radius 3 is 2.17 bits per heavy atom. The minimum absolute atomic E-state index is 0.0389. The van der Waals surface area contributed by atoms with Crippen molar-refractivity contribution in [3.63, 3.8) is 0 Å². The molecule has 2 aromatic carbocycles. The number of nitrogens with one attached hydrogen (secondary N) is 3. The number of amides is 3. The average molecular weight is 394 g/mol. The van der Waals surface area contributed by atoms with E-state index in [-0.39, 0.29) is 24.3 Å². The summed E-state index contributed by atoms with van der Waals surface area (Å²) in [6, 6.07) is 14.1. The molecule has 1 aliphatic heterocycles. The molecule has 2 aromatic rings. The molecule has 0 spiro atoms. The van der Waals surface area contributed by atoms with E-state index in [1.807, 2.05) is 17.0 Å². The molecule has 152 valence electrons. The molecular formula is C22H26N4O3. The van der Waals surface area contributed by atoms with E-state index >= 15 is 0 Å². The van der Waals surface area contributed by atoms with Gasteiger partial charge in [0.05, 0.1) is 6.54 Å². The van der Waals surface area contributed by atoms with Crippen molar-refractivity contribution in [3.05, 3.63) is 54.1 Å². The normalized spacial score (nSPS) is 13.5. The van der Waals surface area contributed by atoms with Gasteiger partial charge in [-0.25, -0.2) is 0 Å². The number of benzene rings is 2. The lowest BCUT2D eigenvalue weighted by Gasteiger charge is -2.26. The van der Waals surface area contributed by atoms with Crippen molar-refractivity contribution in [1.82, 2.24) is 4.90 Å². The van der Waals surface area contributed by atoms with Crippen LogP contribution in [-0.2, 0) is 9.59 Å². The third kappa shape index (κ3) is 6.07. The van der Waals surface area contributed by atoms with Crippen molar-refractivity contribution in [1.29, 1.82) is 0 Å². The Labute approximate surface area is 170 Å². The van der Waals surface area contributed by atoms with Crippen LogP contribution in [0.25, 0.3) is 0 Å². The molecule has 7 heteroatoms. The summed E-state index contributed by atoms with van der Waals surface area (Å²) >= 11 is 0. The van der Waals surface area contributed by atoms with Crippen LogP contribution in [0.1, 0.15) is 36.5 Å². The van der Waals surface area contributed by atoms with E-state index in [0.717, 1.165) is 31.6 Å². The van der Waals surface area contributed by atoms with E-state index in [1.54, 1.807) is 36.4 Å². The summed E-state index contributed by atoms with van der Waals surface area (Å²) in [5.41, 5.74) is 2.67. The predicted octanol–water partition coefficient (Wildman–Crippen LogP) is 3.32. The SMILES string of the molecule is CC(=O)Nc1ccc(NC(=O)CNc2cccc(C(=O)N3CCCCC3)c2)cc1. The number of piperidine rings is 1. The number of likely N-dealkylation sites (tertiary alicyclic amines) is 1. The van der Waals surface area contributed by atoms with Gasteiger partial charge >= 0.3 is 0 Å². The maximum Gasteiger partial charge on any atom is 0.253 e. The van der Waals surface area contributed by atoms with Crippen molar-refractivity contribution in [3.8, 4) is 0 Å². The van der Waals surface area contributed by atoms with Gasteiger partial charge in [-0.2, -0.15) is 0 Å². The molecule has 3 rings (SSSR count). The number of hydrogen-bond acceptors (Lipinski definition) is 4. The third-order valence-electron chi connectivity index (χ3n) is 4.69. The van der Waals surface area contributed by atoms with Gasteiger partial charge in [-0.15, -0.1) is 0 Å². The number of carbonyl (C=O) groups is 3. The van der Waals surface area contributed by atoms with Gasteiger partial charge in [-0.3, -0.25) is 14.4 Å². The zero-order valence-electron chi connectivity index (χ0n) is 16.5. The van der Waals surface area contributed by atoms with Gasteiger partial charge in [0.2, 0.25) is 11.8 Å². The highest BCUT2D eigenvalue weighted by atomic mass is 16.2. The largest absolute Gasteiger partial charge is 0.376 e. The van der Waals surface area contributed by atoms with Crippen molar-refractivity contribution in [2.24, 2.45) is 0 Å². The molecule has 0 atom stereocenters. The number of hydrogen-bond donors (Lipinski definition) is 3. The van der Waals surface area contributed by atoms with Crippen LogP contribution in [-0.4, -0.2) is 42.3 Å². The molecule has 1 heterocycles. The molecule has 0 radical (unpaired) electrons. The van der Waals surface area contributed by atoms with E-state index in [0.29, 0.717) is 16.9 Å². The Morgan fingerprint density at radius 1 is 0.862 bits per heavy atom. The molecule has 1 fully saturated rings. The van der Waals surface area contributed by atoms with Crippen LogP contribution >= 0.6 is 0 Å². The van der Waals surface area contributed by atoms with E-state index < -0.39 is 0 Å². The van der Waals surface area contributed by atoms with Crippen LogP contribution in [0.4, 0.5) is 17.1 Å². The molecular weight excluding hydrogens is 368 g/mol. The van der Waals surface area contributed by atoms with Crippen LogP contribution in [0.15, 0.2) is 48.5 Å². The van der Waals surface area contributed by atoms with E-state index in [1.165, 1.54) is 13.3 Å². The standard InChI is InChI=1S/C22H26N4O3/c1-16(27)24-18-8-10-19(11-9-18)25-21(28)15-23-20-7-5-6-17(14-20)22(29)26-12-3-2-4-13-26/h5-11,14,23H,2-4,12-13,15H2,1H3,(H,24,27)(H,25,28). The van der Waals surface area contributed by atoms with E-state index in [2.05, 4.69) is 16.0 Å². The van der Waals surface area contributed by atoms with Gasteiger partial charge in [0.25, 0.3) is 5.91 Å². The molecule has 0 saturated carbocycles. The van der Waals surface area contributed by atoms with Crippen LogP contribution < -0.4 is 16.0 Å². The fraction of sp³-hybridized carbons (Fsp3) is 0.318. The third-order valence-corrected chi connectivity index (χ3v) is 4.69.